The highest BCUT2D eigenvalue weighted by molar-refractivity contribution is 5.30. The summed E-state index contributed by atoms with van der Waals surface area (Å²) in [6.07, 6.45) is 2.48. The van der Waals surface area contributed by atoms with Crippen LogP contribution in [0, 0.1) is 19.7 Å². The van der Waals surface area contributed by atoms with Crippen molar-refractivity contribution in [1.82, 2.24) is 10.4 Å². The molecule has 0 spiro atoms. The van der Waals surface area contributed by atoms with E-state index in [-0.39, 0.29) is 11.9 Å². The zero-order chi connectivity index (χ0) is 13.8. The summed E-state index contributed by atoms with van der Waals surface area (Å²) in [5, 5.41) is 0. The average molecular weight is 259 g/mol. The SMILES string of the molecule is Cc1cc(C(Cc2ccc(F)cc2C)NN)ccn1. The molecule has 1 aromatic heterocycles. The maximum atomic E-state index is 13.1. The van der Waals surface area contributed by atoms with Crippen molar-refractivity contribution in [3.8, 4) is 0 Å². The fraction of sp³-hybridized carbons (Fsp3) is 0.267. The molecule has 1 heterocycles. The van der Waals surface area contributed by atoms with Gasteiger partial charge in [-0.2, -0.15) is 0 Å². The van der Waals surface area contributed by atoms with Gasteiger partial charge in [0.05, 0.1) is 6.04 Å². The van der Waals surface area contributed by atoms with E-state index in [9.17, 15) is 4.39 Å². The normalized spacial score (nSPS) is 12.4. The van der Waals surface area contributed by atoms with Crippen molar-refractivity contribution in [2.75, 3.05) is 0 Å². The van der Waals surface area contributed by atoms with Gasteiger partial charge in [-0.3, -0.25) is 16.3 Å². The topological polar surface area (TPSA) is 50.9 Å². The van der Waals surface area contributed by atoms with Crippen molar-refractivity contribution in [2.45, 2.75) is 26.3 Å². The van der Waals surface area contributed by atoms with E-state index in [0.29, 0.717) is 6.42 Å². The van der Waals surface area contributed by atoms with Crippen LogP contribution in [0.4, 0.5) is 4.39 Å². The van der Waals surface area contributed by atoms with Gasteiger partial charge in [-0.1, -0.05) is 6.07 Å². The minimum absolute atomic E-state index is 0.00846. The lowest BCUT2D eigenvalue weighted by Gasteiger charge is -2.18. The standard InChI is InChI=1S/C15H18FN3/c1-10-7-14(16)4-3-12(10)9-15(19-17)13-5-6-18-11(2)8-13/h3-8,15,19H,9,17H2,1-2H3. The van der Waals surface area contributed by atoms with Crippen LogP contribution < -0.4 is 11.3 Å². The van der Waals surface area contributed by atoms with Crippen LogP contribution >= 0.6 is 0 Å². The Morgan fingerprint density at radius 2 is 2.05 bits per heavy atom. The Kier molecular flexibility index (Phi) is 4.24. The van der Waals surface area contributed by atoms with Crippen LogP contribution in [0.15, 0.2) is 36.5 Å². The smallest absolute Gasteiger partial charge is 0.123 e. The zero-order valence-corrected chi connectivity index (χ0v) is 11.2. The molecule has 2 rings (SSSR count). The molecule has 0 aliphatic carbocycles. The molecule has 4 heteroatoms. The molecule has 0 aliphatic heterocycles. The number of aryl methyl sites for hydroxylation is 2. The summed E-state index contributed by atoms with van der Waals surface area (Å²) in [5.74, 6) is 5.43. The highest BCUT2D eigenvalue weighted by Gasteiger charge is 2.12. The van der Waals surface area contributed by atoms with Gasteiger partial charge in [0.1, 0.15) is 5.82 Å². The third-order valence-electron chi connectivity index (χ3n) is 3.25. The first-order chi connectivity index (χ1) is 9.10. The van der Waals surface area contributed by atoms with Gasteiger partial charge in [0, 0.05) is 11.9 Å². The Balaban J connectivity index is 2.24. The quantitative estimate of drug-likeness (QED) is 0.655. The molecule has 0 radical (unpaired) electrons. The van der Waals surface area contributed by atoms with Gasteiger partial charge < -0.3 is 0 Å². The van der Waals surface area contributed by atoms with Crippen molar-refractivity contribution in [2.24, 2.45) is 5.84 Å². The third kappa shape index (κ3) is 3.36. The second-order valence-electron chi connectivity index (χ2n) is 4.72. The molecule has 3 nitrogen and oxygen atoms in total. The van der Waals surface area contributed by atoms with Gasteiger partial charge in [-0.05, 0) is 61.2 Å². The van der Waals surface area contributed by atoms with Crippen molar-refractivity contribution >= 4 is 0 Å². The summed E-state index contributed by atoms with van der Waals surface area (Å²) in [5.41, 5.74) is 6.87. The molecule has 1 aromatic carbocycles. The third-order valence-corrected chi connectivity index (χ3v) is 3.25. The molecule has 1 unspecified atom stereocenters. The number of nitrogens with two attached hydrogens (primary N) is 1. The van der Waals surface area contributed by atoms with Crippen molar-refractivity contribution in [3.63, 3.8) is 0 Å². The predicted molar refractivity (Wildman–Crippen MR) is 73.9 cm³/mol. The zero-order valence-electron chi connectivity index (χ0n) is 11.2. The highest BCUT2D eigenvalue weighted by Crippen LogP contribution is 2.20. The number of nitrogens with one attached hydrogen (secondary N) is 1. The van der Waals surface area contributed by atoms with E-state index < -0.39 is 0 Å². The lowest BCUT2D eigenvalue weighted by Crippen LogP contribution is -2.29. The first-order valence-electron chi connectivity index (χ1n) is 6.24. The van der Waals surface area contributed by atoms with Crippen LogP contribution in [0.1, 0.15) is 28.4 Å². The Labute approximate surface area is 112 Å². The minimum Gasteiger partial charge on any atom is -0.271 e. The van der Waals surface area contributed by atoms with Crippen LogP contribution in [0.5, 0.6) is 0 Å². The second-order valence-corrected chi connectivity index (χ2v) is 4.72. The largest absolute Gasteiger partial charge is 0.271 e. The molecule has 0 fully saturated rings. The maximum Gasteiger partial charge on any atom is 0.123 e. The van der Waals surface area contributed by atoms with Crippen molar-refractivity contribution in [1.29, 1.82) is 0 Å². The van der Waals surface area contributed by atoms with E-state index in [2.05, 4.69) is 10.4 Å². The van der Waals surface area contributed by atoms with Gasteiger partial charge in [-0.15, -0.1) is 0 Å². The molecule has 0 bridgehead atoms. The number of hydrogen-bond donors (Lipinski definition) is 2. The van der Waals surface area contributed by atoms with Gasteiger partial charge in [-0.25, -0.2) is 4.39 Å². The Bertz CT molecular complexity index is 569. The summed E-state index contributed by atoms with van der Waals surface area (Å²) < 4.78 is 13.1. The molecular weight excluding hydrogens is 241 g/mol. The number of pyridine rings is 1. The number of benzene rings is 1. The molecule has 0 amide bonds. The van der Waals surface area contributed by atoms with Gasteiger partial charge in [0.2, 0.25) is 0 Å². The Hall–Kier alpha value is -1.78. The second kappa shape index (κ2) is 5.91. The van der Waals surface area contributed by atoms with Crippen LogP contribution in [-0.4, -0.2) is 4.98 Å². The number of hydrazine groups is 1. The van der Waals surface area contributed by atoms with E-state index in [4.69, 9.17) is 5.84 Å². The first-order valence-corrected chi connectivity index (χ1v) is 6.24. The van der Waals surface area contributed by atoms with E-state index in [0.717, 1.165) is 22.4 Å². The summed E-state index contributed by atoms with van der Waals surface area (Å²) in [7, 11) is 0. The lowest BCUT2D eigenvalue weighted by atomic mass is 9.96. The summed E-state index contributed by atoms with van der Waals surface area (Å²) >= 11 is 0. The molecule has 0 saturated heterocycles. The number of aromatic nitrogens is 1. The van der Waals surface area contributed by atoms with E-state index in [1.807, 2.05) is 32.0 Å². The van der Waals surface area contributed by atoms with E-state index in [1.165, 1.54) is 6.07 Å². The molecule has 2 aromatic rings. The van der Waals surface area contributed by atoms with Gasteiger partial charge in [0.25, 0.3) is 0 Å². The summed E-state index contributed by atoms with van der Waals surface area (Å²) in [6, 6.07) is 8.77. The lowest BCUT2D eigenvalue weighted by molar-refractivity contribution is 0.548. The Morgan fingerprint density at radius 1 is 1.26 bits per heavy atom. The molecule has 19 heavy (non-hydrogen) atoms. The van der Waals surface area contributed by atoms with Crippen molar-refractivity contribution < 1.29 is 4.39 Å². The molecule has 0 aliphatic rings. The van der Waals surface area contributed by atoms with Gasteiger partial charge >= 0.3 is 0 Å². The monoisotopic (exact) mass is 259 g/mol. The number of nitrogens with zero attached hydrogens (tertiary/aromatic N) is 1. The van der Waals surface area contributed by atoms with Gasteiger partial charge in [0.15, 0.2) is 0 Å². The minimum atomic E-state index is -0.210. The average Bonchev–Trinajstić information content (AvgIpc) is 2.38. The van der Waals surface area contributed by atoms with Crippen LogP contribution in [0.2, 0.25) is 0 Å². The van der Waals surface area contributed by atoms with Crippen molar-refractivity contribution in [3.05, 3.63) is 64.7 Å². The molecule has 1 atom stereocenters. The molecule has 100 valence electrons. The van der Waals surface area contributed by atoms with Crippen LogP contribution in [0.3, 0.4) is 0 Å². The number of hydrogen-bond acceptors (Lipinski definition) is 3. The summed E-state index contributed by atoms with van der Waals surface area (Å²) in [6.45, 7) is 3.85. The predicted octanol–water partition coefficient (Wildman–Crippen LogP) is 2.58. The van der Waals surface area contributed by atoms with E-state index >= 15 is 0 Å². The van der Waals surface area contributed by atoms with E-state index in [1.54, 1.807) is 12.3 Å². The molecule has 0 saturated carbocycles. The fourth-order valence-electron chi connectivity index (χ4n) is 2.17. The fourth-order valence-corrected chi connectivity index (χ4v) is 2.17. The maximum absolute atomic E-state index is 13.1. The summed E-state index contributed by atoms with van der Waals surface area (Å²) in [4.78, 5) is 4.17. The molecular formula is C15H18FN3. The first kappa shape index (κ1) is 13.6. The van der Waals surface area contributed by atoms with Crippen LogP contribution in [-0.2, 0) is 6.42 Å². The number of rotatable bonds is 4. The molecule has 3 N–H and O–H groups in total. The number of halogens is 1. The van der Waals surface area contributed by atoms with Crippen LogP contribution in [0.25, 0.3) is 0 Å². The Morgan fingerprint density at radius 3 is 2.68 bits per heavy atom. The highest BCUT2D eigenvalue weighted by atomic mass is 19.1.